The summed E-state index contributed by atoms with van der Waals surface area (Å²) >= 11 is 8.53. The van der Waals surface area contributed by atoms with Gasteiger partial charge in [-0.15, -0.1) is 23.5 Å². The molecular formula is C9H16S4. The van der Waals surface area contributed by atoms with Crippen molar-refractivity contribution in [2.75, 3.05) is 23.0 Å². The van der Waals surface area contributed by atoms with Gasteiger partial charge < -0.3 is 0 Å². The highest BCUT2D eigenvalue weighted by Crippen LogP contribution is 2.44. The Balaban J connectivity index is 1.60. The normalized spacial score (nSPS) is 31.8. The lowest BCUT2D eigenvalue weighted by Crippen LogP contribution is -2.13. The van der Waals surface area contributed by atoms with Crippen LogP contribution >= 0.6 is 47.0 Å². The molecule has 0 aromatic heterocycles. The van der Waals surface area contributed by atoms with E-state index in [9.17, 15) is 0 Å². The van der Waals surface area contributed by atoms with E-state index in [2.05, 4.69) is 60.9 Å². The second kappa shape index (κ2) is 4.50. The summed E-state index contributed by atoms with van der Waals surface area (Å²) in [4.78, 5) is 0. The van der Waals surface area contributed by atoms with Crippen LogP contribution in [0.5, 0.6) is 0 Å². The Morgan fingerprint density at radius 3 is 1.77 bits per heavy atom. The van der Waals surface area contributed by atoms with Gasteiger partial charge in [-0.2, -0.15) is 23.5 Å². The van der Waals surface area contributed by atoms with Crippen LogP contribution in [0.4, 0.5) is 0 Å². The second-order valence-electron chi connectivity index (χ2n) is 3.93. The SMILES string of the molecule is CC(C)(SCC1CS1)SCC1CS1. The van der Waals surface area contributed by atoms with Crippen LogP contribution in [0.2, 0.25) is 0 Å². The number of rotatable bonds is 6. The molecule has 76 valence electrons. The lowest BCUT2D eigenvalue weighted by Gasteiger charge is -2.23. The summed E-state index contributed by atoms with van der Waals surface area (Å²) in [5, 5.41) is 1.97. The van der Waals surface area contributed by atoms with Gasteiger partial charge in [0, 0.05) is 33.5 Å². The molecule has 4 heteroatoms. The average molecular weight is 252 g/mol. The van der Waals surface area contributed by atoms with Crippen LogP contribution in [-0.4, -0.2) is 37.6 Å². The van der Waals surface area contributed by atoms with Gasteiger partial charge in [0.15, 0.2) is 0 Å². The Hall–Kier alpha value is 1.40. The quantitative estimate of drug-likeness (QED) is 0.524. The predicted molar refractivity (Wildman–Crippen MR) is 71.5 cm³/mol. The van der Waals surface area contributed by atoms with Crippen molar-refractivity contribution in [1.29, 1.82) is 0 Å². The fourth-order valence-electron chi connectivity index (χ4n) is 0.957. The molecule has 0 saturated carbocycles. The molecule has 0 amide bonds. The summed E-state index contributed by atoms with van der Waals surface area (Å²) in [7, 11) is 0. The molecule has 0 bridgehead atoms. The maximum absolute atomic E-state index is 2.38. The number of hydrogen-bond acceptors (Lipinski definition) is 4. The van der Waals surface area contributed by atoms with Crippen molar-refractivity contribution in [3.05, 3.63) is 0 Å². The van der Waals surface area contributed by atoms with E-state index in [0.29, 0.717) is 4.08 Å². The van der Waals surface area contributed by atoms with E-state index in [1.165, 1.54) is 23.0 Å². The van der Waals surface area contributed by atoms with E-state index in [1.807, 2.05) is 0 Å². The molecule has 2 saturated heterocycles. The van der Waals surface area contributed by atoms with Crippen LogP contribution in [0.25, 0.3) is 0 Å². The summed E-state index contributed by atoms with van der Waals surface area (Å²) in [6.45, 7) is 4.75. The minimum Gasteiger partial charge on any atom is -0.156 e. The van der Waals surface area contributed by atoms with Gasteiger partial charge in [-0.3, -0.25) is 0 Å². The van der Waals surface area contributed by atoms with E-state index in [4.69, 9.17) is 0 Å². The average Bonchev–Trinajstić information content (AvgIpc) is 2.92. The van der Waals surface area contributed by atoms with Crippen LogP contribution in [0, 0.1) is 0 Å². The molecule has 0 radical (unpaired) electrons. The number of hydrogen-bond donors (Lipinski definition) is 0. The Morgan fingerprint density at radius 1 is 1.08 bits per heavy atom. The van der Waals surface area contributed by atoms with Crippen molar-refractivity contribution < 1.29 is 0 Å². The second-order valence-corrected chi connectivity index (χ2v) is 10.1. The maximum Gasteiger partial charge on any atom is 0.0555 e. The fourth-order valence-corrected chi connectivity index (χ4v) is 5.09. The first-order valence-electron chi connectivity index (χ1n) is 4.67. The van der Waals surface area contributed by atoms with Gasteiger partial charge in [-0.05, 0) is 13.8 Å². The van der Waals surface area contributed by atoms with E-state index in [1.54, 1.807) is 0 Å². The lowest BCUT2D eigenvalue weighted by molar-refractivity contribution is 1.02. The first kappa shape index (κ1) is 10.9. The van der Waals surface area contributed by atoms with Crippen molar-refractivity contribution in [2.24, 2.45) is 0 Å². The third-order valence-electron chi connectivity index (χ3n) is 2.04. The van der Waals surface area contributed by atoms with Gasteiger partial charge >= 0.3 is 0 Å². The summed E-state index contributed by atoms with van der Waals surface area (Å²) in [5.74, 6) is 5.55. The molecule has 2 aliphatic rings. The highest BCUT2D eigenvalue weighted by atomic mass is 32.2. The minimum absolute atomic E-state index is 0.451. The molecule has 0 aliphatic carbocycles. The molecule has 0 N–H and O–H groups in total. The largest absolute Gasteiger partial charge is 0.156 e. The minimum atomic E-state index is 0.451. The number of thioether (sulfide) groups is 4. The van der Waals surface area contributed by atoms with Crippen molar-refractivity contribution in [3.63, 3.8) is 0 Å². The predicted octanol–water partition coefficient (Wildman–Crippen LogP) is 3.42. The van der Waals surface area contributed by atoms with Crippen LogP contribution in [0.3, 0.4) is 0 Å². The van der Waals surface area contributed by atoms with Crippen LogP contribution < -0.4 is 0 Å². The van der Waals surface area contributed by atoms with Gasteiger partial charge in [-0.25, -0.2) is 0 Å². The van der Waals surface area contributed by atoms with Gasteiger partial charge in [0.05, 0.1) is 4.08 Å². The van der Waals surface area contributed by atoms with Crippen LogP contribution in [0.15, 0.2) is 0 Å². The van der Waals surface area contributed by atoms with Gasteiger partial charge in [0.1, 0.15) is 0 Å². The Bertz CT molecular complexity index is 154. The van der Waals surface area contributed by atoms with E-state index < -0.39 is 0 Å². The first-order chi connectivity index (χ1) is 6.16. The Kier molecular flexibility index (Phi) is 3.77. The molecule has 0 aromatic carbocycles. The van der Waals surface area contributed by atoms with Crippen LogP contribution in [-0.2, 0) is 0 Å². The molecular weight excluding hydrogens is 236 g/mol. The van der Waals surface area contributed by atoms with Crippen LogP contribution in [0.1, 0.15) is 13.8 Å². The zero-order chi connectivity index (χ0) is 9.31. The third kappa shape index (κ3) is 4.63. The summed E-state index contributed by atoms with van der Waals surface area (Å²) in [6, 6.07) is 0. The van der Waals surface area contributed by atoms with Crippen molar-refractivity contribution in [3.8, 4) is 0 Å². The highest BCUT2D eigenvalue weighted by molar-refractivity contribution is 8.19. The first-order valence-corrected chi connectivity index (χ1v) is 8.74. The standard InChI is InChI=1S/C9H16S4/c1-9(2,12-5-7-3-10-7)13-6-8-4-11-8/h7-8H,3-6H2,1-2H3. The zero-order valence-electron chi connectivity index (χ0n) is 8.12. The van der Waals surface area contributed by atoms with Crippen molar-refractivity contribution >= 4 is 47.0 Å². The summed E-state index contributed by atoms with van der Waals surface area (Å²) in [6.07, 6.45) is 0. The molecule has 0 nitrogen and oxygen atoms in total. The van der Waals surface area contributed by atoms with Crippen molar-refractivity contribution in [1.82, 2.24) is 0 Å². The third-order valence-corrected chi connectivity index (χ3v) is 7.64. The maximum atomic E-state index is 2.38. The van der Waals surface area contributed by atoms with E-state index >= 15 is 0 Å². The van der Waals surface area contributed by atoms with Gasteiger partial charge in [0.2, 0.25) is 0 Å². The fraction of sp³-hybridized carbons (Fsp3) is 1.00. The summed E-state index contributed by atoms with van der Waals surface area (Å²) in [5.41, 5.74) is 0. The van der Waals surface area contributed by atoms with Gasteiger partial charge in [-0.1, -0.05) is 0 Å². The van der Waals surface area contributed by atoms with E-state index in [0.717, 1.165) is 10.5 Å². The molecule has 0 spiro atoms. The molecule has 13 heavy (non-hydrogen) atoms. The summed E-state index contributed by atoms with van der Waals surface area (Å²) < 4.78 is 0.451. The molecule has 2 atom stereocenters. The molecule has 2 fully saturated rings. The van der Waals surface area contributed by atoms with E-state index in [-0.39, 0.29) is 0 Å². The lowest BCUT2D eigenvalue weighted by atomic mass is 10.5. The Morgan fingerprint density at radius 2 is 1.46 bits per heavy atom. The highest BCUT2D eigenvalue weighted by Gasteiger charge is 2.30. The molecule has 2 rings (SSSR count). The topological polar surface area (TPSA) is 0 Å². The van der Waals surface area contributed by atoms with Crippen molar-refractivity contribution in [2.45, 2.75) is 28.4 Å². The monoisotopic (exact) mass is 252 g/mol. The molecule has 2 heterocycles. The molecule has 2 aliphatic heterocycles. The Labute approximate surface area is 98.1 Å². The van der Waals surface area contributed by atoms with Gasteiger partial charge in [0.25, 0.3) is 0 Å². The molecule has 0 aromatic rings. The molecule has 2 unspecified atom stereocenters. The smallest absolute Gasteiger partial charge is 0.0555 e. The zero-order valence-corrected chi connectivity index (χ0v) is 11.4.